The zero-order valence-corrected chi connectivity index (χ0v) is 7.00. The predicted molar refractivity (Wildman–Crippen MR) is 43.7 cm³/mol. The first kappa shape index (κ1) is 7.54. The number of rotatable bonds is 4. The number of hydrogen-bond donors (Lipinski definition) is 2. The van der Waals surface area contributed by atoms with E-state index in [9.17, 15) is 0 Å². The van der Waals surface area contributed by atoms with Crippen LogP contribution < -0.4 is 10.6 Å². The van der Waals surface area contributed by atoms with Crippen LogP contribution in [0, 0.1) is 0 Å². The topological polar surface area (TPSA) is 63.0 Å². The minimum atomic E-state index is 0.544. The molecule has 2 N–H and O–H groups in total. The molecule has 1 heterocycles. The highest BCUT2D eigenvalue weighted by Crippen LogP contribution is 2.23. The van der Waals surface area contributed by atoms with Gasteiger partial charge in [0.05, 0.1) is 6.54 Å². The van der Waals surface area contributed by atoms with Gasteiger partial charge in [-0.25, -0.2) is 0 Å². The Labute approximate surface area is 70.6 Å². The van der Waals surface area contributed by atoms with Crippen molar-refractivity contribution in [1.82, 2.24) is 15.5 Å². The summed E-state index contributed by atoms with van der Waals surface area (Å²) in [7, 11) is 1.85. The summed E-state index contributed by atoms with van der Waals surface area (Å²) in [6.07, 6.45) is 2.42. The van der Waals surface area contributed by atoms with Crippen LogP contribution in [-0.2, 0) is 6.54 Å². The number of nitrogens with one attached hydrogen (secondary N) is 2. The molecule has 0 aliphatic heterocycles. The molecule has 0 amide bonds. The maximum Gasteiger partial charge on any atom is 0.315 e. The van der Waals surface area contributed by atoms with E-state index >= 15 is 0 Å². The van der Waals surface area contributed by atoms with Crippen LogP contribution in [0.5, 0.6) is 0 Å². The van der Waals surface area contributed by atoms with Crippen molar-refractivity contribution < 1.29 is 4.42 Å². The SMILES string of the molecule is CNCc1nnc(NC2CC2)o1. The summed E-state index contributed by atoms with van der Waals surface area (Å²) < 4.78 is 5.28. The van der Waals surface area contributed by atoms with E-state index in [-0.39, 0.29) is 0 Å². The molecule has 1 saturated carbocycles. The Morgan fingerprint density at radius 2 is 2.33 bits per heavy atom. The van der Waals surface area contributed by atoms with Crippen molar-refractivity contribution in [3.63, 3.8) is 0 Å². The van der Waals surface area contributed by atoms with Crippen LogP contribution in [0.1, 0.15) is 18.7 Å². The van der Waals surface area contributed by atoms with Gasteiger partial charge in [-0.2, -0.15) is 0 Å². The molecule has 66 valence electrons. The smallest absolute Gasteiger partial charge is 0.315 e. The minimum absolute atomic E-state index is 0.544. The average molecular weight is 168 g/mol. The Balaban J connectivity index is 1.92. The molecule has 12 heavy (non-hydrogen) atoms. The lowest BCUT2D eigenvalue weighted by Crippen LogP contribution is -2.04. The summed E-state index contributed by atoms with van der Waals surface area (Å²) >= 11 is 0. The van der Waals surface area contributed by atoms with Gasteiger partial charge in [0.2, 0.25) is 5.89 Å². The fourth-order valence-corrected chi connectivity index (χ4v) is 0.937. The first-order valence-corrected chi connectivity index (χ1v) is 4.12. The van der Waals surface area contributed by atoms with E-state index in [1.165, 1.54) is 12.8 Å². The second-order valence-electron chi connectivity index (χ2n) is 2.95. The number of aromatic nitrogens is 2. The highest BCUT2D eigenvalue weighted by molar-refractivity contribution is 5.22. The van der Waals surface area contributed by atoms with Crippen molar-refractivity contribution >= 4 is 6.01 Å². The van der Waals surface area contributed by atoms with E-state index in [1.54, 1.807) is 0 Å². The van der Waals surface area contributed by atoms with Gasteiger partial charge < -0.3 is 15.1 Å². The Morgan fingerprint density at radius 3 is 3.00 bits per heavy atom. The average Bonchev–Trinajstić information content (AvgIpc) is 2.74. The maximum absolute atomic E-state index is 5.28. The fourth-order valence-electron chi connectivity index (χ4n) is 0.937. The molecule has 0 unspecified atom stereocenters. The molecule has 5 nitrogen and oxygen atoms in total. The molecule has 1 aromatic heterocycles. The lowest BCUT2D eigenvalue weighted by Gasteiger charge is -1.94. The van der Waals surface area contributed by atoms with Crippen molar-refractivity contribution in [2.45, 2.75) is 25.4 Å². The van der Waals surface area contributed by atoms with Gasteiger partial charge in [0.1, 0.15) is 0 Å². The van der Waals surface area contributed by atoms with Crippen molar-refractivity contribution in [3.8, 4) is 0 Å². The standard InChI is InChI=1S/C7H12N4O/c1-8-4-6-10-11-7(12-6)9-5-2-3-5/h5,8H,2-4H2,1H3,(H,9,11). The molecule has 0 aromatic carbocycles. The second-order valence-corrected chi connectivity index (χ2v) is 2.95. The number of anilines is 1. The van der Waals surface area contributed by atoms with Crippen LogP contribution in [-0.4, -0.2) is 23.3 Å². The molecule has 0 radical (unpaired) electrons. The Kier molecular flexibility index (Phi) is 1.95. The van der Waals surface area contributed by atoms with Crippen LogP contribution in [0.4, 0.5) is 6.01 Å². The maximum atomic E-state index is 5.28. The van der Waals surface area contributed by atoms with E-state index < -0.39 is 0 Å². The third-order valence-electron chi connectivity index (χ3n) is 1.70. The lowest BCUT2D eigenvalue weighted by atomic mass is 10.6. The highest BCUT2D eigenvalue weighted by atomic mass is 16.4. The van der Waals surface area contributed by atoms with Crippen molar-refractivity contribution in [3.05, 3.63) is 5.89 Å². The fraction of sp³-hybridized carbons (Fsp3) is 0.714. The monoisotopic (exact) mass is 168 g/mol. The van der Waals surface area contributed by atoms with Crippen molar-refractivity contribution in [2.24, 2.45) is 0 Å². The van der Waals surface area contributed by atoms with Crippen LogP contribution in [0.25, 0.3) is 0 Å². The molecular formula is C7H12N4O. The first-order chi connectivity index (χ1) is 5.88. The van der Waals surface area contributed by atoms with E-state index in [1.807, 2.05) is 7.05 Å². The molecule has 5 heteroatoms. The predicted octanol–water partition coefficient (Wildman–Crippen LogP) is 0.363. The molecular weight excluding hydrogens is 156 g/mol. The van der Waals surface area contributed by atoms with Gasteiger partial charge in [0.15, 0.2) is 0 Å². The molecule has 0 bridgehead atoms. The summed E-state index contributed by atoms with van der Waals surface area (Å²) in [6.45, 7) is 0.624. The molecule has 1 fully saturated rings. The zero-order valence-electron chi connectivity index (χ0n) is 7.00. The first-order valence-electron chi connectivity index (χ1n) is 4.12. The van der Waals surface area contributed by atoms with Crippen molar-refractivity contribution in [2.75, 3.05) is 12.4 Å². The van der Waals surface area contributed by atoms with Gasteiger partial charge in [-0.05, 0) is 19.9 Å². The summed E-state index contributed by atoms with van der Waals surface area (Å²) in [5, 5.41) is 13.8. The van der Waals surface area contributed by atoms with Gasteiger partial charge >= 0.3 is 6.01 Å². The van der Waals surface area contributed by atoms with Crippen LogP contribution in [0.2, 0.25) is 0 Å². The van der Waals surface area contributed by atoms with Crippen LogP contribution in [0.3, 0.4) is 0 Å². The molecule has 1 aliphatic rings. The molecule has 2 rings (SSSR count). The Bertz CT molecular complexity index is 256. The van der Waals surface area contributed by atoms with Gasteiger partial charge in [0, 0.05) is 6.04 Å². The Morgan fingerprint density at radius 1 is 1.50 bits per heavy atom. The third kappa shape index (κ3) is 1.73. The second kappa shape index (κ2) is 3.10. The van der Waals surface area contributed by atoms with E-state index in [2.05, 4.69) is 20.8 Å². The molecule has 0 atom stereocenters. The quantitative estimate of drug-likeness (QED) is 0.679. The van der Waals surface area contributed by atoms with Gasteiger partial charge in [-0.3, -0.25) is 0 Å². The number of nitrogens with zero attached hydrogens (tertiary/aromatic N) is 2. The number of hydrogen-bond acceptors (Lipinski definition) is 5. The molecule has 1 aromatic rings. The molecule has 0 spiro atoms. The molecule has 0 saturated heterocycles. The van der Waals surface area contributed by atoms with Gasteiger partial charge in [-0.15, -0.1) is 5.10 Å². The lowest BCUT2D eigenvalue weighted by molar-refractivity contribution is 0.489. The Hall–Kier alpha value is -1.10. The summed E-state index contributed by atoms with van der Waals surface area (Å²) in [5.74, 6) is 0.626. The molecule has 1 aliphatic carbocycles. The summed E-state index contributed by atoms with van der Waals surface area (Å²) in [6, 6.07) is 1.11. The van der Waals surface area contributed by atoms with Crippen molar-refractivity contribution in [1.29, 1.82) is 0 Å². The van der Waals surface area contributed by atoms with Crippen LogP contribution >= 0.6 is 0 Å². The van der Waals surface area contributed by atoms with Gasteiger partial charge in [-0.1, -0.05) is 5.10 Å². The highest BCUT2D eigenvalue weighted by Gasteiger charge is 2.22. The third-order valence-corrected chi connectivity index (χ3v) is 1.70. The van der Waals surface area contributed by atoms with E-state index in [4.69, 9.17) is 4.42 Å². The zero-order chi connectivity index (χ0) is 8.39. The summed E-state index contributed by atoms with van der Waals surface area (Å²) in [4.78, 5) is 0. The minimum Gasteiger partial charge on any atom is -0.407 e. The van der Waals surface area contributed by atoms with E-state index in [0.717, 1.165) is 0 Å². The summed E-state index contributed by atoms with van der Waals surface area (Å²) in [5.41, 5.74) is 0. The van der Waals surface area contributed by atoms with E-state index in [0.29, 0.717) is 24.5 Å². The van der Waals surface area contributed by atoms with Crippen LogP contribution in [0.15, 0.2) is 4.42 Å². The van der Waals surface area contributed by atoms with Gasteiger partial charge in [0.25, 0.3) is 0 Å². The largest absolute Gasteiger partial charge is 0.407 e. The normalized spacial score (nSPS) is 16.4.